The Morgan fingerprint density at radius 1 is 1.06 bits per heavy atom. The largest absolute Gasteiger partial charge is 0.394 e. The molecule has 2 aliphatic heterocycles. The van der Waals surface area contributed by atoms with Crippen molar-refractivity contribution in [1.82, 2.24) is 14.5 Å². The molecule has 33 heavy (non-hydrogen) atoms. The van der Waals surface area contributed by atoms with E-state index in [0.29, 0.717) is 11.1 Å². The van der Waals surface area contributed by atoms with Crippen molar-refractivity contribution < 1.29 is 34.0 Å². The van der Waals surface area contributed by atoms with Crippen LogP contribution in [0.2, 0.25) is 0 Å². The maximum atomic E-state index is 12.3. The first-order valence-electron chi connectivity index (χ1n) is 10.4. The third-order valence-electron chi connectivity index (χ3n) is 5.49. The van der Waals surface area contributed by atoms with Crippen LogP contribution in [0.25, 0.3) is 0 Å². The van der Waals surface area contributed by atoms with Gasteiger partial charge in [-0.15, -0.1) is 0 Å². The molecule has 0 radical (unpaired) electrons. The number of carbonyl (C=O) groups is 2. The molecule has 12 heteroatoms. The van der Waals surface area contributed by atoms with Gasteiger partial charge in [-0.05, 0) is 18.2 Å². The number of imide groups is 1. The molecule has 4 rings (SSSR count). The van der Waals surface area contributed by atoms with E-state index in [-0.39, 0.29) is 44.0 Å². The number of nitrogens with zero attached hydrogens (tertiary/aromatic N) is 3. The number of fused-ring (bicyclic) bond motifs is 1. The number of aromatic nitrogens is 2. The lowest BCUT2D eigenvalue weighted by molar-refractivity contribution is -0.0845. The summed E-state index contributed by atoms with van der Waals surface area (Å²) in [6.07, 6.45) is -2.75. The van der Waals surface area contributed by atoms with Gasteiger partial charge in [0.05, 0.1) is 44.1 Å². The zero-order valence-corrected chi connectivity index (χ0v) is 17.6. The van der Waals surface area contributed by atoms with Crippen molar-refractivity contribution in [2.24, 2.45) is 0 Å². The van der Waals surface area contributed by atoms with Gasteiger partial charge >= 0.3 is 5.69 Å². The first-order chi connectivity index (χ1) is 15.9. The Morgan fingerprint density at radius 2 is 1.76 bits per heavy atom. The van der Waals surface area contributed by atoms with Crippen LogP contribution in [0.4, 0.5) is 5.82 Å². The normalized spacial score (nSPS) is 24.5. The summed E-state index contributed by atoms with van der Waals surface area (Å²) in [5, 5.41) is 19.9. The number of hydrogen-bond donors (Lipinski definition) is 3. The molecule has 1 saturated heterocycles. The third kappa shape index (κ3) is 4.51. The van der Waals surface area contributed by atoms with Crippen LogP contribution in [0.15, 0.2) is 41.3 Å². The van der Waals surface area contributed by atoms with E-state index in [1.165, 1.54) is 12.3 Å². The van der Waals surface area contributed by atoms with Gasteiger partial charge in [0, 0.05) is 6.20 Å². The monoisotopic (exact) mass is 460 g/mol. The summed E-state index contributed by atoms with van der Waals surface area (Å²) in [6.45, 7) is -0.159. The second-order valence-electron chi connectivity index (χ2n) is 7.54. The van der Waals surface area contributed by atoms with E-state index in [1.54, 1.807) is 24.3 Å². The van der Waals surface area contributed by atoms with Gasteiger partial charge in [-0.2, -0.15) is 4.98 Å². The van der Waals surface area contributed by atoms with Crippen LogP contribution in [0.5, 0.6) is 0 Å². The van der Waals surface area contributed by atoms with Crippen molar-refractivity contribution in [2.45, 2.75) is 24.5 Å². The summed E-state index contributed by atoms with van der Waals surface area (Å²) in [5.41, 5.74) is 5.57. The molecule has 2 amide bonds. The van der Waals surface area contributed by atoms with Gasteiger partial charge in [-0.3, -0.25) is 19.1 Å². The molecule has 0 aliphatic carbocycles. The van der Waals surface area contributed by atoms with Crippen LogP contribution >= 0.6 is 0 Å². The fraction of sp³-hybridized carbons (Fsp3) is 0.429. The van der Waals surface area contributed by atoms with Crippen LogP contribution < -0.4 is 11.4 Å². The topological polar surface area (TPSA) is 166 Å². The number of ether oxygens (including phenoxy) is 3. The number of hydrogen-bond acceptors (Lipinski definition) is 10. The highest BCUT2D eigenvalue weighted by atomic mass is 16.6. The fourth-order valence-electron chi connectivity index (χ4n) is 3.84. The first-order valence-corrected chi connectivity index (χ1v) is 10.4. The van der Waals surface area contributed by atoms with Gasteiger partial charge in [-0.1, -0.05) is 12.1 Å². The lowest BCUT2D eigenvalue weighted by Crippen LogP contribution is -2.39. The number of benzene rings is 1. The summed E-state index contributed by atoms with van der Waals surface area (Å²) < 4.78 is 17.9. The summed E-state index contributed by atoms with van der Waals surface area (Å²) in [7, 11) is 0. The smallest absolute Gasteiger partial charge is 0.351 e. The highest BCUT2D eigenvalue weighted by molar-refractivity contribution is 6.21. The van der Waals surface area contributed by atoms with Crippen molar-refractivity contribution in [3.05, 3.63) is 58.1 Å². The molecule has 1 aromatic carbocycles. The van der Waals surface area contributed by atoms with E-state index >= 15 is 0 Å². The number of amides is 2. The predicted octanol–water partition coefficient (Wildman–Crippen LogP) is -1.23. The molecule has 2 unspecified atom stereocenters. The molecular formula is C21H24N4O8. The maximum absolute atomic E-state index is 12.3. The van der Waals surface area contributed by atoms with Crippen LogP contribution in [0.3, 0.4) is 0 Å². The average molecular weight is 460 g/mol. The summed E-state index contributed by atoms with van der Waals surface area (Å²) in [6, 6.07) is 8.02. The molecule has 0 bridgehead atoms. The number of nitrogen functional groups attached to an aromatic ring is 1. The molecule has 176 valence electrons. The molecule has 2 aromatic rings. The molecule has 3 heterocycles. The number of aliphatic hydroxyl groups is 2. The molecule has 12 nitrogen and oxygen atoms in total. The zero-order chi connectivity index (χ0) is 23.5. The molecule has 4 atom stereocenters. The van der Waals surface area contributed by atoms with E-state index < -0.39 is 36.8 Å². The van der Waals surface area contributed by atoms with E-state index in [4.69, 9.17) is 19.9 Å². The number of anilines is 1. The van der Waals surface area contributed by atoms with Crippen molar-refractivity contribution in [3.63, 3.8) is 0 Å². The Labute approximate surface area is 188 Å². The average Bonchev–Trinajstić information content (AvgIpc) is 3.24. The van der Waals surface area contributed by atoms with Gasteiger partial charge in [0.25, 0.3) is 11.8 Å². The van der Waals surface area contributed by atoms with Gasteiger partial charge in [0.1, 0.15) is 24.1 Å². The molecule has 2 aliphatic rings. The molecule has 1 fully saturated rings. The minimum absolute atomic E-state index is 0.0268. The van der Waals surface area contributed by atoms with Gasteiger partial charge in [-0.25, -0.2) is 4.79 Å². The quantitative estimate of drug-likeness (QED) is 0.305. The van der Waals surface area contributed by atoms with E-state index in [2.05, 4.69) is 4.98 Å². The fourth-order valence-corrected chi connectivity index (χ4v) is 3.84. The van der Waals surface area contributed by atoms with Crippen molar-refractivity contribution in [1.29, 1.82) is 0 Å². The van der Waals surface area contributed by atoms with Crippen molar-refractivity contribution in [2.75, 3.05) is 38.7 Å². The van der Waals surface area contributed by atoms with E-state index in [0.717, 1.165) is 9.47 Å². The third-order valence-corrected chi connectivity index (χ3v) is 5.49. The van der Waals surface area contributed by atoms with Crippen molar-refractivity contribution >= 4 is 17.6 Å². The standard InChI is InChI=1S/C21H24N4O8/c22-15-5-6-25(21(30)23-15)20-17(16(27)14(11-26)33-20)32-10-9-31-8-7-24-18(28)12-3-1-2-4-13(12)19(24)29/h1-6,14,16-17,20,26-27H,7-11H2,(H2,22,23,30)/t14-,16?,17?,20-/m1/s1. The molecule has 4 N–H and O–H groups in total. The van der Waals surface area contributed by atoms with Crippen LogP contribution in [-0.4, -0.2) is 87.8 Å². The summed E-state index contributed by atoms with van der Waals surface area (Å²) >= 11 is 0. The summed E-state index contributed by atoms with van der Waals surface area (Å²) in [4.78, 5) is 41.6. The molecule has 0 spiro atoms. The minimum atomic E-state index is -1.19. The molecule has 1 aromatic heterocycles. The Bertz CT molecular complexity index is 1050. The zero-order valence-electron chi connectivity index (χ0n) is 17.6. The minimum Gasteiger partial charge on any atom is -0.394 e. The lowest BCUT2D eigenvalue weighted by Gasteiger charge is -2.22. The van der Waals surface area contributed by atoms with E-state index in [9.17, 15) is 24.6 Å². The number of carbonyl (C=O) groups excluding carboxylic acids is 2. The Balaban J connectivity index is 1.28. The number of aliphatic hydroxyl groups excluding tert-OH is 2. The Hall–Kier alpha value is -3.16. The number of nitrogens with two attached hydrogens (primary N) is 1. The van der Waals surface area contributed by atoms with E-state index in [1.807, 2.05) is 0 Å². The maximum Gasteiger partial charge on any atom is 0.351 e. The Morgan fingerprint density at radius 3 is 2.39 bits per heavy atom. The van der Waals surface area contributed by atoms with Gasteiger partial charge in [0.15, 0.2) is 6.23 Å². The van der Waals surface area contributed by atoms with Crippen LogP contribution in [0.1, 0.15) is 26.9 Å². The highest BCUT2D eigenvalue weighted by Crippen LogP contribution is 2.30. The Kier molecular flexibility index (Phi) is 6.81. The van der Waals surface area contributed by atoms with Crippen molar-refractivity contribution in [3.8, 4) is 0 Å². The summed E-state index contributed by atoms with van der Waals surface area (Å²) in [5.74, 6) is -0.679. The lowest BCUT2D eigenvalue weighted by atomic mass is 10.1. The molecule has 0 saturated carbocycles. The predicted molar refractivity (Wildman–Crippen MR) is 112 cm³/mol. The number of rotatable bonds is 9. The second kappa shape index (κ2) is 9.77. The second-order valence-corrected chi connectivity index (χ2v) is 7.54. The van der Waals surface area contributed by atoms with Gasteiger partial charge < -0.3 is 30.2 Å². The molecular weight excluding hydrogens is 436 g/mol. The first kappa shape index (κ1) is 23.0. The van der Waals surface area contributed by atoms with Crippen LogP contribution in [0, 0.1) is 0 Å². The highest BCUT2D eigenvalue weighted by Gasteiger charge is 2.45. The SMILES string of the molecule is Nc1ccn([C@@H]2O[C@H](CO)C(O)C2OCCOCCN2C(=O)c3ccccc3C2=O)c(=O)n1. The van der Waals surface area contributed by atoms with Crippen LogP contribution in [-0.2, 0) is 14.2 Å². The van der Waals surface area contributed by atoms with Gasteiger partial charge in [0.2, 0.25) is 0 Å².